The van der Waals surface area contributed by atoms with Gasteiger partial charge in [0.15, 0.2) is 0 Å². The van der Waals surface area contributed by atoms with E-state index in [9.17, 15) is 15.2 Å². The maximum absolute atomic E-state index is 10.4. The molecule has 0 radical (unpaired) electrons. The highest BCUT2D eigenvalue weighted by atomic mass is 16.6. The van der Waals surface area contributed by atoms with Crippen molar-refractivity contribution in [3.8, 4) is 0 Å². The van der Waals surface area contributed by atoms with Gasteiger partial charge in [0, 0.05) is 23.4 Å². The molecule has 0 saturated carbocycles. The standard InChI is InChI=1S/C8H10N2O3/c1-5(11)7-4-6(10(12)13)2-3-8(7)9/h2-5,11H,9H2,1H3. The van der Waals surface area contributed by atoms with Crippen LogP contribution in [-0.2, 0) is 0 Å². The van der Waals surface area contributed by atoms with E-state index in [0.717, 1.165) is 0 Å². The predicted molar refractivity (Wildman–Crippen MR) is 48.1 cm³/mol. The molecule has 13 heavy (non-hydrogen) atoms. The Kier molecular flexibility index (Phi) is 2.48. The number of nitrogen functional groups attached to an aromatic ring is 1. The van der Waals surface area contributed by atoms with E-state index in [1.54, 1.807) is 0 Å². The SMILES string of the molecule is CC(O)c1cc([N+](=O)[O-])ccc1N. The van der Waals surface area contributed by atoms with E-state index < -0.39 is 11.0 Å². The number of nitrogens with two attached hydrogens (primary N) is 1. The number of aliphatic hydroxyl groups is 1. The molecule has 0 aliphatic carbocycles. The Morgan fingerprint density at radius 2 is 2.23 bits per heavy atom. The zero-order chi connectivity index (χ0) is 10.0. The lowest BCUT2D eigenvalue weighted by molar-refractivity contribution is -0.385. The third kappa shape index (κ3) is 1.94. The fourth-order valence-corrected chi connectivity index (χ4v) is 1.04. The summed E-state index contributed by atoms with van der Waals surface area (Å²) in [6.45, 7) is 1.51. The molecule has 0 fully saturated rings. The summed E-state index contributed by atoms with van der Waals surface area (Å²) in [5.41, 5.74) is 6.19. The summed E-state index contributed by atoms with van der Waals surface area (Å²) in [4.78, 5) is 9.85. The highest BCUT2D eigenvalue weighted by Gasteiger charge is 2.11. The van der Waals surface area contributed by atoms with Crippen LogP contribution in [0.1, 0.15) is 18.6 Å². The molecule has 0 aliphatic heterocycles. The van der Waals surface area contributed by atoms with Crippen LogP contribution >= 0.6 is 0 Å². The van der Waals surface area contributed by atoms with Gasteiger partial charge in [0.1, 0.15) is 0 Å². The minimum atomic E-state index is -0.792. The molecule has 3 N–H and O–H groups in total. The molecule has 1 rings (SSSR count). The summed E-state index contributed by atoms with van der Waals surface area (Å²) in [5, 5.41) is 19.6. The van der Waals surface area contributed by atoms with E-state index in [4.69, 9.17) is 5.73 Å². The Labute approximate surface area is 74.9 Å². The van der Waals surface area contributed by atoms with E-state index in [2.05, 4.69) is 0 Å². The molecule has 1 unspecified atom stereocenters. The number of hydrogen-bond donors (Lipinski definition) is 2. The number of rotatable bonds is 2. The van der Waals surface area contributed by atoms with Gasteiger partial charge in [-0.1, -0.05) is 0 Å². The predicted octanol–water partition coefficient (Wildman–Crippen LogP) is 1.23. The number of nitrogens with zero attached hydrogens (tertiary/aromatic N) is 1. The number of nitro groups is 1. The van der Waals surface area contributed by atoms with Gasteiger partial charge in [0.05, 0.1) is 11.0 Å². The van der Waals surface area contributed by atoms with Gasteiger partial charge in [0.2, 0.25) is 0 Å². The highest BCUT2D eigenvalue weighted by Crippen LogP contribution is 2.24. The van der Waals surface area contributed by atoms with Crippen molar-refractivity contribution in [2.45, 2.75) is 13.0 Å². The van der Waals surface area contributed by atoms with Crippen LogP contribution in [0.15, 0.2) is 18.2 Å². The van der Waals surface area contributed by atoms with Crippen molar-refractivity contribution in [1.82, 2.24) is 0 Å². The Balaban J connectivity index is 3.19. The zero-order valence-corrected chi connectivity index (χ0v) is 7.10. The highest BCUT2D eigenvalue weighted by molar-refractivity contribution is 5.53. The molecule has 0 amide bonds. The monoisotopic (exact) mass is 182 g/mol. The van der Waals surface area contributed by atoms with Gasteiger partial charge in [-0.05, 0) is 13.0 Å². The van der Waals surface area contributed by atoms with E-state index in [-0.39, 0.29) is 5.69 Å². The van der Waals surface area contributed by atoms with E-state index in [1.165, 1.54) is 25.1 Å². The Hall–Kier alpha value is -1.62. The zero-order valence-electron chi connectivity index (χ0n) is 7.10. The number of aliphatic hydroxyl groups excluding tert-OH is 1. The molecule has 0 aromatic heterocycles. The van der Waals surface area contributed by atoms with Crippen molar-refractivity contribution in [1.29, 1.82) is 0 Å². The molecule has 70 valence electrons. The fourth-order valence-electron chi connectivity index (χ4n) is 1.04. The average molecular weight is 182 g/mol. The molecule has 0 aliphatic rings. The lowest BCUT2D eigenvalue weighted by atomic mass is 10.1. The Bertz CT molecular complexity index is 336. The summed E-state index contributed by atoms with van der Waals surface area (Å²) in [6, 6.07) is 4.00. The minimum absolute atomic E-state index is 0.0647. The van der Waals surface area contributed by atoms with Crippen molar-refractivity contribution in [2.24, 2.45) is 0 Å². The molecule has 1 aromatic rings. The number of non-ortho nitro benzene ring substituents is 1. The van der Waals surface area contributed by atoms with Crippen LogP contribution in [0.4, 0.5) is 11.4 Å². The summed E-state index contributed by atoms with van der Waals surface area (Å²) in [5.74, 6) is 0. The van der Waals surface area contributed by atoms with E-state index in [1.807, 2.05) is 0 Å². The average Bonchev–Trinajstić information content (AvgIpc) is 2.04. The van der Waals surface area contributed by atoms with Crippen molar-refractivity contribution in [3.63, 3.8) is 0 Å². The van der Waals surface area contributed by atoms with Gasteiger partial charge in [-0.15, -0.1) is 0 Å². The number of nitro benzene ring substituents is 1. The molecule has 0 bridgehead atoms. The van der Waals surface area contributed by atoms with E-state index >= 15 is 0 Å². The topological polar surface area (TPSA) is 89.4 Å². The smallest absolute Gasteiger partial charge is 0.269 e. The molecule has 0 spiro atoms. The molecule has 5 nitrogen and oxygen atoms in total. The number of benzene rings is 1. The first kappa shape index (κ1) is 9.47. The molecule has 1 aromatic carbocycles. The third-order valence-electron chi connectivity index (χ3n) is 1.73. The van der Waals surface area contributed by atoms with Crippen LogP contribution in [-0.4, -0.2) is 10.0 Å². The summed E-state index contributed by atoms with van der Waals surface area (Å²) in [7, 11) is 0. The molecule has 1 atom stereocenters. The van der Waals surface area contributed by atoms with Crippen LogP contribution in [0.25, 0.3) is 0 Å². The number of anilines is 1. The van der Waals surface area contributed by atoms with Gasteiger partial charge in [-0.2, -0.15) is 0 Å². The van der Waals surface area contributed by atoms with E-state index in [0.29, 0.717) is 11.3 Å². The summed E-state index contributed by atoms with van der Waals surface area (Å²) >= 11 is 0. The van der Waals surface area contributed by atoms with Crippen molar-refractivity contribution in [3.05, 3.63) is 33.9 Å². The first-order chi connectivity index (χ1) is 6.02. The maximum Gasteiger partial charge on any atom is 0.269 e. The first-order valence-electron chi connectivity index (χ1n) is 3.74. The Morgan fingerprint density at radius 3 is 2.69 bits per heavy atom. The van der Waals surface area contributed by atoms with Crippen LogP contribution in [0.3, 0.4) is 0 Å². The van der Waals surface area contributed by atoms with Crippen molar-refractivity contribution in [2.75, 3.05) is 5.73 Å². The lowest BCUT2D eigenvalue weighted by Crippen LogP contribution is -1.99. The first-order valence-corrected chi connectivity index (χ1v) is 3.74. The quantitative estimate of drug-likeness (QED) is 0.409. The second-order valence-electron chi connectivity index (χ2n) is 2.75. The largest absolute Gasteiger partial charge is 0.398 e. The fraction of sp³-hybridized carbons (Fsp3) is 0.250. The van der Waals surface area contributed by atoms with Gasteiger partial charge in [0.25, 0.3) is 5.69 Å². The van der Waals surface area contributed by atoms with Crippen LogP contribution in [0.5, 0.6) is 0 Å². The third-order valence-corrected chi connectivity index (χ3v) is 1.73. The summed E-state index contributed by atoms with van der Waals surface area (Å²) < 4.78 is 0. The van der Waals surface area contributed by atoms with Crippen LogP contribution in [0, 0.1) is 10.1 Å². The second-order valence-corrected chi connectivity index (χ2v) is 2.75. The lowest BCUT2D eigenvalue weighted by Gasteiger charge is -2.07. The molecule has 5 heteroatoms. The normalized spacial score (nSPS) is 12.5. The van der Waals surface area contributed by atoms with Gasteiger partial charge in [-0.25, -0.2) is 0 Å². The van der Waals surface area contributed by atoms with Crippen molar-refractivity contribution < 1.29 is 10.0 Å². The van der Waals surface area contributed by atoms with Crippen LogP contribution in [0.2, 0.25) is 0 Å². The number of hydrogen-bond acceptors (Lipinski definition) is 4. The minimum Gasteiger partial charge on any atom is -0.398 e. The molecule has 0 heterocycles. The van der Waals surface area contributed by atoms with Gasteiger partial charge >= 0.3 is 0 Å². The van der Waals surface area contributed by atoms with Crippen molar-refractivity contribution >= 4 is 11.4 Å². The molecular formula is C8H10N2O3. The van der Waals surface area contributed by atoms with Crippen LogP contribution < -0.4 is 5.73 Å². The maximum atomic E-state index is 10.4. The second kappa shape index (κ2) is 3.40. The summed E-state index contributed by atoms with van der Waals surface area (Å²) in [6.07, 6.45) is -0.792. The van der Waals surface area contributed by atoms with Gasteiger partial charge < -0.3 is 10.8 Å². The van der Waals surface area contributed by atoms with Gasteiger partial charge in [-0.3, -0.25) is 10.1 Å². The Morgan fingerprint density at radius 1 is 1.62 bits per heavy atom. The molecular weight excluding hydrogens is 172 g/mol. The molecule has 0 saturated heterocycles.